The van der Waals surface area contributed by atoms with Crippen molar-refractivity contribution in [1.29, 1.82) is 0 Å². The zero-order valence-corrected chi connectivity index (χ0v) is 8.48. The van der Waals surface area contributed by atoms with Gasteiger partial charge in [0.1, 0.15) is 5.82 Å². The van der Waals surface area contributed by atoms with Gasteiger partial charge in [0.15, 0.2) is 0 Å². The molecule has 1 heterocycles. The third-order valence-corrected chi connectivity index (χ3v) is 2.97. The highest BCUT2D eigenvalue weighted by Gasteiger charge is 2.27. The quantitative estimate of drug-likeness (QED) is 0.843. The molecule has 0 radical (unpaired) electrons. The molecule has 1 aliphatic rings. The number of benzene rings is 1. The lowest BCUT2D eigenvalue weighted by atomic mass is 10.2. The van der Waals surface area contributed by atoms with Crippen molar-refractivity contribution in [3.8, 4) is 0 Å². The molecule has 4 heteroatoms. The fourth-order valence-corrected chi connectivity index (χ4v) is 2.05. The van der Waals surface area contributed by atoms with Crippen molar-refractivity contribution < 1.29 is 14.3 Å². The second-order valence-corrected chi connectivity index (χ2v) is 4.15. The Morgan fingerprint density at radius 1 is 1.44 bits per heavy atom. The molecule has 1 aromatic carbocycles. The zero-order valence-electron chi connectivity index (χ0n) is 8.48. The lowest BCUT2D eigenvalue weighted by Gasteiger charge is -2.00. The van der Waals surface area contributed by atoms with E-state index in [2.05, 4.69) is 0 Å². The van der Waals surface area contributed by atoms with E-state index in [-0.39, 0.29) is 5.56 Å². The maximum Gasteiger partial charge on any atom is 0.337 e. The molecule has 1 saturated carbocycles. The molecular weight excluding hydrogens is 209 g/mol. The molecule has 0 saturated heterocycles. The van der Waals surface area contributed by atoms with Gasteiger partial charge in [-0.15, -0.1) is 0 Å². The summed E-state index contributed by atoms with van der Waals surface area (Å²) in [4.78, 5) is 11.0. The first-order chi connectivity index (χ1) is 7.66. The van der Waals surface area contributed by atoms with Crippen molar-refractivity contribution in [2.45, 2.75) is 18.9 Å². The molecule has 2 aromatic rings. The van der Waals surface area contributed by atoms with E-state index in [9.17, 15) is 9.18 Å². The number of halogens is 1. The summed E-state index contributed by atoms with van der Waals surface area (Å²) in [6, 6.07) is 4.70. The number of rotatable bonds is 2. The van der Waals surface area contributed by atoms with Crippen LogP contribution in [0.15, 0.2) is 24.4 Å². The van der Waals surface area contributed by atoms with E-state index in [4.69, 9.17) is 5.11 Å². The summed E-state index contributed by atoms with van der Waals surface area (Å²) < 4.78 is 15.0. The van der Waals surface area contributed by atoms with Crippen molar-refractivity contribution in [3.05, 3.63) is 35.8 Å². The predicted octanol–water partition coefficient (Wildman–Crippen LogP) is 2.81. The van der Waals surface area contributed by atoms with Gasteiger partial charge in [-0.05, 0) is 31.0 Å². The monoisotopic (exact) mass is 219 g/mol. The lowest BCUT2D eigenvalue weighted by Crippen LogP contribution is -1.94. The number of carbonyl (C=O) groups is 1. The summed E-state index contributed by atoms with van der Waals surface area (Å²) >= 11 is 0. The number of aromatic carboxylic acids is 1. The average Bonchev–Trinajstić information content (AvgIpc) is 2.99. The van der Waals surface area contributed by atoms with Crippen molar-refractivity contribution >= 4 is 16.9 Å². The maximum atomic E-state index is 13.1. The second-order valence-electron chi connectivity index (χ2n) is 4.15. The van der Waals surface area contributed by atoms with Gasteiger partial charge in [-0.25, -0.2) is 9.18 Å². The van der Waals surface area contributed by atoms with Crippen LogP contribution in [0.25, 0.3) is 10.9 Å². The van der Waals surface area contributed by atoms with Gasteiger partial charge >= 0.3 is 5.97 Å². The molecule has 1 N–H and O–H groups in total. The number of carboxylic acids is 1. The van der Waals surface area contributed by atoms with E-state index in [1.54, 1.807) is 12.3 Å². The molecule has 0 unspecified atom stereocenters. The van der Waals surface area contributed by atoms with E-state index in [0.29, 0.717) is 11.4 Å². The van der Waals surface area contributed by atoms with Crippen molar-refractivity contribution in [2.24, 2.45) is 0 Å². The summed E-state index contributed by atoms with van der Waals surface area (Å²) in [6.07, 6.45) is 3.75. The summed E-state index contributed by atoms with van der Waals surface area (Å²) in [5.41, 5.74) is 0.989. The molecule has 0 bridgehead atoms. The van der Waals surface area contributed by atoms with Gasteiger partial charge in [0.2, 0.25) is 0 Å². The molecule has 0 aliphatic heterocycles. The molecular formula is C12H10FNO2. The van der Waals surface area contributed by atoms with Crippen LogP contribution >= 0.6 is 0 Å². The molecule has 3 rings (SSSR count). The highest BCUT2D eigenvalue weighted by Crippen LogP contribution is 2.39. The molecule has 3 nitrogen and oxygen atoms in total. The number of hydrogen-bond acceptors (Lipinski definition) is 1. The van der Waals surface area contributed by atoms with E-state index in [0.717, 1.165) is 18.4 Å². The second kappa shape index (κ2) is 3.07. The first-order valence-corrected chi connectivity index (χ1v) is 5.20. The van der Waals surface area contributed by atoms with Gasteiger partial charge in [0.25, 0.3) is 0 Å². The molecule has 1 aromatic heterocycles. The van der Waals surface area contributed by atoms with Gasteiger partial charge in [0.05, 0.1) is 5.56 Å². The Kier molecular flexibility index (Phi) is 1.80. The number of fused-ring (bicyclic) bond motifs is 1. The Hall–Kier alpha value is -1.84. The molecule has 0 spiro atoms. The molecule has 1 fully saturated rings. The minimum absolute atomic E-state index is 0.182. The van der Waals surface area contributed by atoms with Crippen LogP contribution in [0.3, 0.4) is 0 Å². The fraction of sp³-hybridized carbons (Fsp3) is 0.250. The molecule has 1 aliphatic carbocycles. The highest BCUT2D eigenvalue weighted by atomic mass is 19.1. The third-order valence-electron chi connectivity index (χ3n) is 2.97. The topological polar surface area (TPSA) is 42.2 Å². The number of hydrogen-bond donors (Lipinski definition) is 1. The first kappa shape index (κ1) is 9.39. The largest absolute Gasteiger partial charge is 0.478 e. The summed E-state index contributed by atoms with van der Waals surface area (Å²) in [5.74, 6) is -1.40. The van der Waals surface area contributed by atoms with Crippen molar-refractivity contribution in [2.75, 3.05) is 0 Å². The summed E-state index contributed by atoms with van der Waals surface area (Å²) in [6.45, 7) is 0. The highest BCUT2D eigenvalue weighted by molar-refractivity contribution is 6.03. The van der Waals surface area contributed by atoms with Gasteiger partial charge in [-0.2, -0.15) is 0 Å². The predicted molar refractivity (Wildman–Crippen MR) is 57.1 cm³/mol. The Bertz CT molecular complexity index is 584. The Labute approximate surface area is 91.1 Å². The minimum atomic E-state index is -1.00. The Morgan fingerprint density at radius 2 is 2.19 bits per heavy atom. The SMILES string of the molecule is O=C(O)c1cn(C2CC2)c2ccc(F)cc12. The molecule has 16 heavy (non-hydrogen) atoms. The third kappa shape index (κ3) is 1.30. The standard InChI is InChI=1S/C12H10FNO2/c13-7-1-4-11-9(5-7)10(12(15)16)6-14(11)8-2-3-8/h1,4-6,8H,2-3H2,(H,15,16). The normalized spacial score (nSPS) is 15.6. The van der Waals surface area contributed by atoms with E-state index in [1.165, 1.54) is 12.1 Å². The Morgan fingerprint density at radius 3 is 2.81 bits per heavy atom. The van der Waals surface area contributed by atoms with Crippen molar-refractivity contribution in [3.63, 3.8) is 0 Å². The maximum absolute atomic E-state index is 13.1. The van der Waals surface area contributed by atoms with Gasteiger partial charge < -0.3 is 9.67 Å². The summed E-state index contributed by atoms with van der Waals surface area (Å²) in [7, 11) is 0. The first-order valence-electron chi connectivity index (χ1n) is 5.20. The fourth-order valence-electron chi connectivity index (χ4n) is 2.05. The van der Waals surface area contributed by atoms with Gasteiger partial charge in [-0.1, -0.05) is 0 Å². The van der Waals surface area contributed by atoms with Crippen LogP contribution in [0, 0.1) is 5.82 Å². The summed E-state index contributed by atoms with van der Waals surface area (Å²) in [5, 5.41) is 9.54. The van der Waals surface area contributed by atoms with Gasteiger partial charge in [-0.3, -0.25) is 0 Å². The number of nitrogens with zero attached hydrogens (tertiary/aromatic N) is 1. The van der Waals surface area contributed by atoms with Crippen molar-refractivity contribution in [1.82, 2.24) is 4.57 Å². The van der Waals surface area contributed by atoms with Crippen LogP contribution < -0.4 is 0 Å². The van der Waals surface area contributed by atoms with Gasteiger partial charge in [0, 0.05) is 23.1 Å². The lowest BCUT2D eigenvalue weighted by molar-refractivity contribution is 0.0699. The zero-order chi connectivity index (χ0) is 11.3. The number of carboxylic acid groups (broad SMARTS) is 1. The minimum Gasteiger partial charge on any atom is -0.478 e. The molecule has 0 atom stereocenters. The average molecular weight is 219 g/mol. The van der Waals surface area contributed by atoms with Crippen LogP contribution in [0.1, 0.15) is 29.2 Å². The van der Waals surface area contributed by atoms with E-state index in [1.807, 2.05) is 4.57 Å². The smallest absolute Gasteiger partial charge is 0.337 e. The molecule has 0 amide bonds. The van der Waals surface area contributed by atoms with Crippen LogP contribution in [-0.2, 0) is 0 Å². The van der Waals surface area contributed by atoms with E-state index >= 15 is 0 Å². The number of aromatic nitrogens is 1. The molecule has 82 valence electrons. The van der Waals surface area contributed by atoms with E-state index < -0.39 is 11.8 Å². The van der Waals surface area contributed by atoms with Crippen LogP contribution in [0.5, 0.6) is 0 Å². The van der Waals surface area contributed by atoms with Crippen LogP contribution in [-0.4, -0.2) is 15.6 Å². The van der Waals surface area contributed by atoms with Crippen LogP contribution in [0.4, 0.5) is 4.39 Å². The Balaban J connectivity index is 2.32. The van der Waals surface area contributed by atoms with Crippen LogP contribution in [0.2, 0.25) is 0 Å².